The van der Waals surface area contributed by atoms with Crippen molar-refractivity contribution in [2.45, 2.75) is 19.4 Å². The Morgan fingerprint density at radius 2 is 1.90 bits per heavy atom. The minimum atomic E-state index is 0.489. The summed E-state index contributed by atoms with van der Waals surface area (Å²) in [4.78, 5) is 11.4. The Morgan fingerprint density at radius 1 is 1.10 bits per heavy atom. The largest absolute Gasteiger partial charge is 0.329 e. The summed E-state index contributed by atoms with van der Waals surface area (Å²) < 4.78 is 2.21. The molecule has 0 saturated carbocycles. The number of imidazole rings is 1. The quantitative estimate of drug-likeness (QED) is 0.696. The second-order valence-corrected chi connectivity index (χ2v) is 5.96. The fraction of sp³-hybridized carbons (Fsp3) is 0.375. The molecule has 0 unspecified atom stereocenters. The molecular formula is C16H17ClN4. The first kappa shape index (κ1) is 13.0. The summed E-state index contributed by atoms with van der Waals surface area (Å²) in [6.45, 7) is 4.45. The zero-order valence-corrected chi connectivity index (χ0v) is 12.6. The smallest absolute Gasteiger partial charge is 0.157 e. The SMILES string of the molecule is Clc1nc2ccccc2c2c1ncn2CCN1CCCC1. The molecule has 3 heterocycles. The van der Waals surface area contributed by atoms with Gasteiger partial charge in [0.2, 0.25) is 0 Å². The molecule has 3 aromatic rings. The van der Waals surface area contributed by atoms with E-state index < -0.39 is 0 Å². The van der Waals surface area contributed by atoms with Gasteiger partial charge in [0.1, 0.15) is 5.52 Å². The van der Waals surface area contributed by atoms with Crippen molar-refractivity contribution < 1.29 is 0 Å². The summed E-state index contributed by atoms with van der Waals surface area (Å²) in [6.07, 6.45) is 4.54. The summed E-state index contributed by atoms with van der Waals surface area (Å²) in [5, 5.41) is 1.61. The predicted octanol–water partition coefficient (Wildman–Crippen LogP) is 3.33. The number of rotatable bonds is 3. The van der Waals surface area contributed by atoms with Crippen LogP contribution in [0.1, 0.15) is 12.8 Å². The molecule has 1 fully saturated rings. The monoisotopic (exact) mass is 300 g/mol. The number of hydrogen-bond donors (Lipinski definition) is 0. The van der Waals surface area contributed by atoms with Gasteiger partial charge in [-0.25, -0.2) is 9.97 Å². The molecule has 21 heavy (non-hydrogen) atoms. The molecule has 5 heteroatoms. The van der Waals surface area contributed by atoms with Crippen LogP contribution in [0.2, 0.25) is 5.15 Å². The summed E-state index contributed by atoms with van der Waals surface area (Å²) >= 11 is 6.28. The fourth-order valence-corrected chi connectivity index (χ4v) is 3.40. The summed E-state index contributed by atoms with van der Waals surface area (Å²) in [5.41, 5.74) is 2.83. The second-order valence-electron chi connectivity index (χ2n) is 5.60. The number of para-hydroxylation sites is 1. The van der Waals surface area contributed by atoms with E-state index in [0.29, 0.717) is 5.15 Å². The minimum Gasteiger partial charge on any atom is -0.329 e. The molecule has 4 nitrogen and oxygen atoms in total. The third kappa shape index (κ3) is 2.28. The van der Waals surface area contributed by atoms with E-state index in [1.807, 2.05) is 24.5 Å². The van der Waals surface area contributed by atoms with Gasteiger partial charge < -0.3 is 9.47 Å². The van der Waals surface area contributed by atoms with E-state index in [1.54, 1.807) is 0 Å². The molecule has 0 radical (unpaired) electrons. The number of nitrogens with zero attached hydrogens (tertiary/aromatic N) is 4. The van der Waals surface area contributed by atoms with Gasteiger partial charge in [-0.2, -0.15) is 0 Å². The standard InChI is InChI=1S/C16H17ClN4/c17-16-14-15(12-5-1-2-6-13(12)19-16)21(11-18-14)10-9-20-7-3-4-8-20/h1-2,5-6,11H,3-4,7-10H2. The maximum absolute atomic E-state index is 6.28. The van der Waals surface area contributed by atoms with Crippen LogP contribution < -0.4 is 0 Å². The first-order valence-corrected chi connectivity index (χ1v) is 7.82. The highest BCUT2D eigenvalue weighted by molar-refractivity contribution is 6.35. The van der Waals surface area contributed by atoms with Crippen LogP contribution in [0.5, 0.6) is 0 Å². The lowest BCUT2D eigenvalue weighted by molar-refractivity contribution is 0.324. The van der Waals surface area contributed by atoms with Crippen LogP contribution in [0.4, 0.5) is 0 Å². The number of benzene rings is 1. The molecule has 0 N–H and O–H groups in total. The van der Waals surface area contributed by atoms with Crippen molar-refractivity contribution in [3.05, 3.63) is 35.7 Å². The van der Waals surface area contributed by atoms with Crippen LogP contribution in [-0.4, -0.2) is 39.1 Å². The van der Waals surface area contributed by atoms with Crippen molar-refractivity contribution in [1.82, 2.24) is 19.4 Å². The summed E-state index contributed by atoms with van der Waals surface area (Å²) in [7, 11) is 0. The Kier molecular flexibility index (Phi) is 3.28. The number of halogens is 1. The van der Waals surface area contributed by atoms with E-state index >= 15 is 0 Å². The lowest BCUT2D eigenvalue weighted by Crippen LogP contribution is -2.23. The van der Waals surface area contributed by atoms with E-state index in [0.717, 1.165) is 35.0 Å². The molecule has 1 saturated heterocycles. The van der Waals surface area contributed by atoms with Crippen molar-refractivity contribution in [3.8, 4) is 0 Å². The first-order chi connectivity index (χ1) is 10.3. The maximum atomic E-state index is 6.28. The van der Waals surface area contributed by atoms with Gasteiger partial charge in [0.05, 0.1) is 17.4 Å². The molecule has 0 spiro atoms. The molecule has 4 rings (SSSR count). The molecule has 1 aromatic carbocycles. The third-order valence-corrected chi connectivity index (χ3v) is 4.53. The van der Waals surface area contributed by atoms with Gasteiger partial charge in [0.25, 0.3) is 0 Å². The average Bonchev–Trinajstić information content (AvgIpc) is 3.15. The molecule has 108 valence electrons. The molecule has 0 amide bonds. The maximum Gasteiger partial charge on any atom is 0.157 e. The van der Waals surface area contributed by atoms with Gasteiger partial charge in [0, 0.05) is 18.5 Å². The Morgan fingerprint density at radius 3 is 2.76 bits per heavy atom. The van der Waals surface area contributed by atoms with E-state index in [2.05, 4.69) is 25.5 Å². The van der Waals surface area contributed by atoms with Crippen LogP contribution in [0.25, 0.3) is 21.9 Å². The minimum absolute atomic E-state index is 0.489. The van der Waals surface area contributed by atoms with Crippen molar-refractivity contribution >= 4 is 33.5 Å². The number of fused-ring (bicyclic) bond motifs is 3. The van der Waals surface area contributed by atoms with E-state index in [4.69, 9.17) is 11.6 Å². The lowest BCUT2D eigenvalue weighted by Gasteiger charge is -2.15. The van der Waals surface area contributed by atoms with Crippen molar-refractivity contribution in [2.75, 3.05) is 19.6 Å². The molecular weight excluding hydrogens is 284 g/mol. The first-order valence-electron chi connectivity index (χ1n) is 7.44. The van der Waals surface area contributed by atoms with Crippen LogP contribution in [-0.2, 0) is 6.54 Å². The van der Waals surface area contributed by atoms with Crippen LogP contribution in [0.3, 0.4) is 0 Å². The predicted molar refractivity (Wildman–Crippen MR) is 85.7 cm³/mol. The van der Waals surface area contributed by atoms with Gasteiger partial charge >= 0.3 is 0 Å². The van der Waals surface area contributed by atoms with Crippen LogP contribution >= 0.6 is 11.6 Å². The number of pyridine rings is 1. The Labute approximate surface area is 128 Å². The number of likely N-dealkylation sites (tertiary alicyclic amines) is 1. The van der Waals surface area contributed by atoms with Gasteiger partial charge in [-0.3, -0.25) is 0 Å². The van der Waals surface area contributed by atoms with E-state index in [9.17, 15) is 0 Å². The third-order valence-electron chi connectivity index (χ3n) is 4.27. The molecule has 1 aliphatic heterocycles. The molecule has 0 bridgehead atoms. The van der Waals surface area contributed by atoms with Crippen molar-refractivity contribution in [1.29, 1.82) is 0 Å². The summed E-state index contributed by atoms with van der Waals surface area (Å²) in [6, 6.07) is 8.12. The second kappa shape index (κ2) is 5.28. The zero-order valence-electron chi connectivity index (χ0n) is 11.8. The van der Waals surface area contributed by atoms with Crippen LogP contribution in [0.15, 0.2) is 30.6 Å². The van der Waals surface area contributed by atoms with Crippen molar-refractivity contribution in [3.63, 3.8) is 0 Å². The topological polar surface area (TPSA) is 34.0 Å². The van der Waals surface area contributed by atoms with E-state index in [1.165, 1.54) is 25.9 Å². The highest BCUT2D eigenvalue weighted by atomic mass is 35.5. The van der Waals surface area contributed by atoms with Crippen LogP contribution in [0, 0.1) is 0 Å². The Bertz CT molecular complexity index is 789. The average molecular weight is 301 g/mol. The molecule has 0 atom stereocenters. The zero-order chi connectivity index (χ0) is 14.2. The van der Waals surface area contributed by atoms with Gasteiger partial charge in [0.15, 0.2) is 5.15 Å². The van der Waals surface area contributed by atoms with Gasteiger partial charge in [-0.15, -0.1) is 0 Å². The fourth-order valence-electron chi connectivity index (χ4n) is 3.17. The lowest BCUT2D eigenvalue weighted by atomic mass is 10.2. The van der Waals surface area contributed by atoms with E-state index in [-0.39, 0.29) is 0 Å². The Hall–Kier alpha value is -1.65. The van der Waals surface area contributed by atoms with Gasteiger partial charge in [-0.05, 0) is 32.0 Å². The summed E-state index contributed by atoms with van der Waals surface area (Å²) in [5.74, 6) is 0. The number of aromatic nitrogens is 3. The Balaban J connectivity index is 1.78. The molecule has 1 aliphatic rings. The number of hydrogen-bond acceptors (Lipinski definition) is 3. The highest BCUT2D eigenvalue weighted by Gasteiger charge is 2.15. The molecule has 2 aromatic heterocycles. The molecule has 0 aliphatic carbocycles. The van der Waals surface area contributed by atoms with Crippen molar-refractivity contribution in [2.24, 2.45) is 0 Å². The van der Waals surface area contributed by atoms with Gasteiger partial charge in [-0.1, -0.05) is 29.8 Å². The highest BCUT2D eigenvalue weighted by Crippen LogP contribution is 2.28. The normalized spacial score (nSPS) is 16.2.